The number of aromatic nitrogens is 1. The Hall–Kier alpha value is -1.67. The minimum Gasteiger partial charge on any atom is -0.306 e. The van der Waals surface area contributed by atoms with Crippen LogP contribution in [0.5, 0.6) is 0 Å². The number of benzene rings is 1. The lowest BCUT2D eigenvalue weighted by Crippen LogP contribution is -2.22. The molecule has 112 valence electrons. The molecule has 1 aromatic carbocycles. The number of rotatable bonds is 4. The third-order valence-corrected chi connectivity index (χ3v) is 3.79. The van der Waals surface area contributed by atoms with Crippen molar-refractivity contribution in [3.05, 3.63) is 65.0 Å². The molecule has 1 aromatic heterocycles. The van der Waals surface area contributed by atoms with Gasteiger partial charge in [0.25, 0.3) is 0 Å². The topological polar surface area (TPSA) is 24.9 Å². The average Bonchev–Trinajstić information content (AvgIpc) is 2.45. The van der Waals surface area contributed by atoms with Crippen LogP contribution in [0.1, 0.15) is 56.1 Å². The summed E-state index contributed by atoms with van der Waals surface area (Å²) in [6.07, 6.45) is 1.97. The van der Waals surface area contributed by atoms with Gasteiger partial charge in [0.15, 0.2) is 0 Å². The molecule has 0 aliphatic heterocycles. The predicted molar refractivity (Wildman–Crippen MR) is 89.6 cm³/mol. The largest absolute Gasteiger partial charge is 0.306 e. The summed E-state index contributed by atoms with van der Waals surface area (Å²) in [5.41, 5.74) is 5.11. The second-order valence-corrected chi connectivity index (χ2v) is 6.60. The summed E-state index contributed by atoms with van der Waals surface area (Å²) in [4.78, 5) is 4.42. The maximum atomic E-state index is 4.42. The third kappa shape index (κ3) is 3.92. The van der Waals surface area contributed by atoms with E-state index in [1.165, 1.54) is 16.7 Å². The lowest BCUT2D eigenvalue weighted by Gasteiger charge is -2.22. The molecule has 0 aliphatic carbocycles. The third-order valence-electron chi connectivity index (χ3n) is 3.79. The van der Waals surface area contributed by atoms with Gasteiger partial charge in [-0.05, 0) is 41.6 Å². The highest BCUT2D eigenvalue weighted by atomic mass is 14.9. The molecule has 1 unspecified atom stereocenters. The van der Waals surface area contributed by atoms with Gasteiger partial charge in [0, 0.05) is 11.9 Å². The fourth-order valence-corrected chi connectivity index (χ4v) is 2.46. The molecule has 2 rings (SSSR count). The normalized spacial score (nSPS) is 13.2. The van der Waals surface area contributed by atoms with E-state index in [2.05, 4.69) is 74.4 Å². The summed E-state index contributed by atoms with van der Waals surface area (Å²) < 4.78 is 0. The average molecular weight is 282 g/mol. The second kappa shape index (κ2) is 6.40. The molecule has 2 heteroatoms. The van der Waals surface area contributed by atoms with Gasteiger partial charge in [-0.2, -0.15) is 0 Å². The highest BCUT2D eigenvalue weighted by Gasteiger charge is 2.16. The molecule has 0 radical (unpaired) electrons. The zero-order chi connectivity index (χ0) is 15.5. The van der Waals surface area contributed by atoms with Crippen LogP contribution in [0.4, 0.5) is 0 Å². The minimum atomic E-state index is 0.192. The van der Waals surface area contributed by atoms with Crippen LogP contribution in [0.2, 0.25) is 0 Å². The summed E-state index contributed by atoms with van der Waals surface area (Å²) in [6, 6.07) is 13.4. The van der Waals surface area contributed by atoms with Crippen molar-refractivity contribution in [2.45, 2.75) is 46.1 Å². The summed E-state index contributed by atoms with van der Waals surface area (Å²) in [5.74, 6) is 0. The fraction of sp³-hybridized carbons (Fsp3) is 0.421. The maximum Gasteiger partial charge on any atom is 0.0591 e. The Labute approximate surface area is 128 Å². The predicted octanol–water partition coefficient (Wildman–Crippen LogP) is 4.39. The Morgan fingerprint density at radius 3 is 2.10 bits per heavy atom. The smallest absolute Gasteiger partial charge is 0.0591 e. The molecule has 0 saturated heterocycles. The molecule has 1 N–H and O–H groups in total. The Morgan fingerprint density at radius 2 is 1.62 bits per heavy atom. The molecular weight excluding hydrogens is 256 g/mol. The van der Waals surface area contributed by atoms with Crippen LogP contribution in [0.25, 0.3) is 0 Å². The summed E-state index contributed by atoms with van der Waals surface area (Å²) in [7, 11) is 0. The van der Waals surface area contributed by atoms with Gasteiger partial charge in [0.1, 0.15) is 0 Å². The van der Waals surface area contributed by atoms with Gasteiger partial charge in [0.05, 0.1) is 6.04 Å². The molecule has 0 spiro atoms. The van der Waals surface area contributed by atoms with Gasteiger partial charge in [0.2, 0.25) is 0 Å². The fourth-order valence-electron chi connectivity index (χ4n) is 2.46. The van der Waals surface area contributed by atoms with Crippen LogP contribution in [0.15, 0.2) is 42.6 Å². The van der Waals surface area contributed by atoms with E-state index in [0.29, 0.717) is 0 Å². The Morgan fingerprint density at radius 1 is 1.00 bits per heavy atom. The minimum absolute atomic E-state index is 0.192. The SMILES string of the molecule is CCNC(c1ccc(C(C)(C)C)cc1)c1ccc(C)nc1. The molecule has 0 amide bonds. The van der Waals surface area contributed by atoms with E-state index in [0.717, 1.165) is 12.2 Å². The monoisotopic (exact) mass is 282 g/mol. The lowest BCUT2D eigenvalue weighted by molar-refractivity contribution is 0.587. The quantitative estimate of drug-likeness (QED) is 0.899. The highest BCUT2D eigenvalue weighted by Crippen LogP contribution is 2.26. The van der Waals surface area contributed by atoms with Crippen molar-refractivity contribution in [2.75, 3.05) is 6.54 Å². The van der Waals surface area contributed by atoms with Crippen molar-refractivity contribution in [3.8, 4) is 0 Å². The zero-order valence-corrected chi connectivity index (χ0v) is 13.8. The van der Waals surface area contributed by atoms with Crippen molar-refractivity contribution >= 4 is 0 Å². The van der Waals surface area contributed by atoms with Crippen LogP contribution in [0, 0.1) is 6.92 Å². The molecule has 0 fully saturated rings. The number of hydrogen-bond donors (Lipinski definition) is 1. The first kappa shape index (κ1) is 15.7. The molecule has 0 bridgehead atoms. The first-order chi connectivity index (χ1) is 9.91. The molecule has 0 aliphatic rings. The Balaban J connectivity index is 2.32. The standard InChI is InChI=1S/C19H26N2/c1-6-20-18(16-8-7-14(2)21-13-16)15-9-11-17(12-10-15)19(3,4)5/h7-13,18,20H,6H2,1-5H3. The molecule has 2 aromatic rings. The van der Waals surface area contributed by atoms with Crippen LogP contribution >= 0.6 is 0 Å². The number of aryl methyl sites for hydroxylation is 1. The molecule has 2 nitrogen and oxygen atoms in total. The first-order valence-corrected chi connectivity index (χ1v) is 7.68. The van der Waals surface area contributed by atoms with E-state index >= 15 is 0 Å². The lowest BCUT2D eigenvalue weighted by atomic mass is 9.86. The van der Waals surface area contributed by atoms with E-state index < -0.39 is 0 Å². The van der Waals surface area contributed by atoms with Crippen LogP contribution in [-0.2, 0) is 5.41 Å². The van der Waals surface area contributed by atoms with Crippen molar-refractivity contribution in [2.24, 2.45) is 0 Å². The zero-order valence-electron chi connectivity index (χ0n) is 13.8. The van der Waals surface area contributed by atoms with Crippen molar-refractivity contribution < 1.29 is 0 Å². The van der Waals surface area contributed by atoms with Gasteiger partial charge < -0.3 is 5.32 Å². The Bertz CT molecular complexity index is 562. The first-order valence-electron chi connectivity index (χ1n) is 7.68. The van der Waals surface area contributed by atoms with Gasteiger partial charge in [-0.3, -0.25) is 4.98 Å². The Kier molecular flexibility index (Phi) is 4.79. The summed E-state index contributed by atoms with van der Waals surface area (Å²) >= 11 is 0. The van der Waals surface area contributed by atoms with Gasteiger partial charge in [-0.25, -0.2) is 0 Å². The van der Waals surface area contributed by atoms with Crippen molar-refractivity contribution in [1.29, 1.82) is 0 Å². The molecule has 0 saturated carbocycles. The number of nitrogens with zero attached hydrogens (tertiary/aromatic N) is 1. The molecule has 1 atom stereocenters. The molecular formula is C19H26N2. The van der Waals surface area contributed by atoms with E-state index in [-0.39, 0.29) is 11.5 Å². The maximum absolute atomic E-state index is 4.42. The van der Waals surface area contributed by atoms with E-state index in [9.17, 15) is 0 Å². The van der Waals surface area contributed by atoms with Gasteiger partial charge in [-0.1, -0.05) is 58.0 Å². The van der Waals surface area contributed by atoms with Crippen molar-refractivity contribution in [1.82, 2.24) is 10.3 Å². The summed E-state index contributed by atoms with van der Waals surface area (Å²) in [6.45, 7) is 11.8. The number of nitrogens with one attached hydrogen (secondary N) is 1. The van der Waals surface area contributed by atoms with E-state index in [1.54, 1.807) is 0 Å². The highest BCUT2D eigenvalue weighted by molar-refractivity contribution is 5.34. The van der Waals surface area contributed by atoms with Crippen LogP contribution in [-0.4, -0.2) is 11.5 Å². The van der Waals surface area contributed by atoms with Gasteiger partial charge >= 0.3 is 0 Å². The van der Waals surface area contributed by atoms with Crippen LogP contribution < -0.4 is 5.32 Å². The van der Waals surface area contributed by atoms with Crippen molar-refractivity contribution in [3.63, 3.8) is 0 Å². The van der Waals surface area contributed by atoms with Crippen LogP contribution in [0.3, 0.4) is 0 Å². The summed E-state index contributed by atoms with van der Waals surface area (Å²) in [5, 5.41) is 3.55. The number of hydrogen-bond acceptors (Lipinski definition) is 2. The molecule has 1 heterocycles. The van der Waals surface area contributed by atoms with E-state index in [1.807, 2.05) is 13.1 Å². The number of pyridine rings is 1. The van der Waals surface area contributed by atoms with Gasteiger partial charge in [-0.15, -0.1) is 0 Å². The molecule has 21 heavy (non-hydrogen) atoms. The van der Waals surface area contributed by atoms with E-state index in [4.69, 9.17) is 0 Å². The second-order valence-electron chi connectivity index (χ2n) is 6.60.